The molecule has 1 amide bonds. The number of para-hydroxylation sites is 3. The standard InChI is InChI=1S/C27H24F2N2O2/c1-3-17(2)18-12-14-19(15-13-18)24-16-21(20-8-4-5-9-22(20)30-24)26(32)31-23-10-6-7-11-25(23)33-27(28)29/h4-17,27H,3H2,1-2H3,(H,31,32). The van der Waals surface area contributed by atoms with E-state index in [2.05, 4.69) is 36.0 Å². The van der Waals surface area contributed by atoms with Crippen LogP contribution in [0.2, 0.25) is 0 Å². The summed E-state index contributed by atoms with van der Waals surface area (Å²) in [5, 5.41) is 3.38. The summed E-state index contributed by atoms with van der Waals surface area (Å²) >= 11 is 0. The molecule has 0 radical (unpaired) electrons. The molecule has 0 saturated heterocycles. The van der Waals surface area contributed by atoms with Crippen molar-refractivity contribution >= 4 is 22.5 Å². The number of carbonyl (C=O) groups is 1. The molecule has 1 atom stereocenters. The highest BCUT2D eigenvalue weighted by atomic mass is 19.3. The van der Waals surface area contributed by atoms with Crippen LogP contribution in [0.5, 0.6) is 5.75 Å². The van der Waals surface area contributed by atoms with Crippen molar-refractivity contribution in [2.24, 2.45) is 0 Å². The Labute approximate surface area is 191 Å². The number of aromatic nitrogens is 1. The number of nitrogens with one attached hydrogen (secondary N) is 1. The maximum Gasteiger partial charge on any atom is 0.387 e. The smallest absolute Gasteiger partial charge is 0.387 e. The molecule has 4 nitrogen and oxygen atoms in total. The van der Waals surface area contributed by atoms with E-state index in [1.807, 2.05) is 36.4 Å². The molecule has 0 aliphatic rings. The van der Waals surface area contributed by atoms with E-state index in [1.54, 1.807) is 18.2 Å². The van der Waals surface area contributed by atoms with Crippen molar-refractivity contribution in [1.82, 2.24) is 4.98 Å². The highest BCUT2D eigenvalue weighted by Crippen LogP contribution is 2.30. The molecule has 0 aliphatic carbocycles. The lowest BCUT2D eigenvalue weighted by Crippen LogP contribution is -2.15. The van der Waals surface area contributed by atoms with Crippen molar-refractivity contribution in [2.45, 2.75) is 32.8 Å². The normalized spacial score (nSPS) is 12.0. The van der Waals surface area contributed by atoms with Crippen LogP contribution in [-0.4, -0.2) is 17.5 Å². The summed E-state index contributed by atoms with van der Waals surface area (Å²) in [6.45, 7) is 1.34. The zero-order valence-electron chi connectivity index (χ0n) is 18.4. The van der Waals surface area contributed by atoms with Gasteiger partial charge >= 0.3 is 6.61 Å². The Hall–Kier alpha value is -3.80. The van der Waals surface area contributed by atoms with Gasteiger partial charge in [-0.15, -0.1) is 0 Å². The van der Waals surface area contributed by atoms with E-state index in [0.29, 0.717) is 28.1 Å². The molecule has 1 N–H and O–H groups in total. The van der Waals surface area contributed by atoms with Crippen LogP contribution in [0.15, 0.2) is 78.9 Å². The number of fused-ring (bicyclic) bond motifs is 1. The van der Waals surface area contributed by atoms with Crippen LogP contribution in [0.4, 0.5) is 14.5 Å². The molecule has 1 aromatic heterocycles. The van der Waals surface area contributed by atoms with Gasteiger partial charge in [0.1, 0.15) is 5.75 Å². The van der Waals surface area contributed by atoms with Gasteiger partial charge in [-0.2, -0.15) is 8.78 Å². The van der Waals surface area contributed by atoms with E-state index < -0.39 is 12.5 Å². The number of hydrogen-bond acceptors (Lipinski definition) is 3. The number of ether oxygens (including phenoxy) is 1. The third-order valence-electron chi connectivity index (χ3n) is 5.70. The Bertz CT molecular complexity index is 1270. The van der Waals surface area contributed by atoms with Gasteiger partial charge in [0.15, 0.2) is 0 Å². The van der Waals surface area contributed by atoms with Crippen LogP contribution in [0.3, 0.4) is 0 Å². The molecular weight excluding hydrogens is 422 g/mol. The number of benzene rings is 3. The second kappa shape index (κ2) is 9.77. The number of pyridine rings is 1. The van der Waals surface area contributed by atoms with E-state index in [1.165, 1.54) is 17.7 Å². The summed E-state index contributed by atoms with van der Waals surface area (Å²) < 4.78 is 30.1. The van der Waals surface area contributed by atoms with Crippen molar-refractivity contribution in [2.75, 3.05) is 5.32 Å². The van der Waals surface area contributed by atoms with Crippen LogP contribution in [0.1, 0.15) is 42.1 Å². The number of hydrogen-bond donors (Lipinski definition) is 1. The third-order valence-corrected chi connectivity index (χ3v) is 5.70. The van der Waals surface area contributed by atoms with E-state index in [9.17, 15) is 13.6 Å². The van der Waals surface area contributed by atoms with Gasteiger partial charge < -0.3 is 10.1 Å². The van der Waals surface area contributed by atoms with Crippen LogP contribution in [-0.2, 0) is 0 Å². The van der Waals surface area contributed by atoms with Gasteiger partial charge in [0.05, 0.1) is 22.5 Å². The van der Waals surface area contributed by atoms with E-state index in [4.69, 9.17) is 4.98 Å². The first kappa shape index (κ1) is 22.4. The molecule has 0 saturated carbocycles. The molecular formula is C27H24F2N2O2. The molecule has 33 heavy (non-hydrogen) atoms. The second-order valence-corrected chi connectivity index (χ2v) is 7.83. The van der Waals surface area contributed by atoms with Crippen LogP contribution in [0, 0.1) is 0 Å². The molecule has 0 fully saturated rings. The minimum Gasteiger partial charge on any atom is -0.433 e. The molecule has 0 bridgehead atoms. The van der Waals surface area contributed by atoms with Crippen molar-refractivity contribution in [3.05, 3.63) is 90.0 Å². The number of rotatable bonds is 7. The molecule has 4 aromatic rings. The number of alkyl halides is 2. The fraction of sp³-hybridized carbons (Fsp3) is 0.185. The number of anilines is 1. The topological polar surface area (TPSA) is 51.2 Å². The monoisotopic (exact) mass is 446 g/mol. The molecule has 4 rings (SSSR count). The van der Waals surface area contributed by atoms with E-state index in [-0.39, 0.29) is 11.4 Å². The lowest BCUT2D eigenvalue weighted by Gasteiger charge is -2.14. The van der Waals surface area contributed by atoms with Crippen LogP contribution >= 0.6 is 0 Å². The zero-order chi connectivity index (χ0) is 23.4. The molecule has 168 valence electrons. The van der Waals surface area contributed by atoms with Crippen molar-refractivity contribution in [1.29, 1.82) is 0 Å². The molecule has 0 spiro atoms. The van der Waals surface area contributed by atoms with E-state index >= 15 is 0 Å². The van der Waals surface area contributed by atoms with Gasteiger partial charge in [0.2, 0.25) is 0 Å². The summed E-state index contributed by atoms with van der Waals surface area (Å²) in [6.07, 6.45) is 1.05. The number of nitrogens with zero attached hydrogens (tertiary/aromatic N) is 1. The quantitative estimate of drug-likeness (QED) is 0.325. The highest BCUT2D eigenvalue weighted by Gasteiger charge is 2.17. The molecule has 3 aromatic carbocycles. The first-order valence-corrected chi connectivity index (χ1v) is 10.8. The Morgan fingerprint density at radius 2 is 1.70 bits per heavy atom. The Morgan fingerprint density at radius 1 is 1.00 bits per heavy atom. The third kappa shape index (κ3) is 5.00. The summed E-state index contributed by atoms with van der Waals surface area (Å²) in [6, 6.07) is 23.4. The van der Waals surface area contributed by atoms with Gasteiger partial charge in [0, 0.05) is 10.9 Å². The van der Waals surface area contributed by atoms with Crippen LogP contribution < -0.4 is 10.1 Å². The maximum absolute atomic E-state index is 13.2. The Balaban J connectivity index is 1.73. The Kier molecular flexibility index (Phi) is 6.63. The average molecular weight is 446 g/mol. The van der Waals surface area contributed by atoms with Crippen molar-refractivity contribution in [3.8, 4) is 17.0 Å². The zero-order valence-corrected chi connectivity index (χ0v) is 18.4. The predicted molar refractivity (Wildman–Crippen MR) is 127 cm³/mol. The first-order valence-electron chi connectivity index (χ1n) is 10.8. The second-order valence-electron chi connectivity index (χ2n) is 7.83. The molecule has 1 unspecified atom stereocenters. The SMILES string of the molecule is CCC(C)c1ccc(-c2cc(C(=O)Nc3ccccc3OC(F)F)c3ccccc3n2)cc1. The summed E-state index contributed by atoms with van der Waals surface area (Å²) in [5.74, 6) is -0.0723. The number of halogens is 2. The number of amides is 1. The summed E-state index contributed by atoms with van der Waals surface area (Å²) in [4.78, 5) is 18.0. The first-order chi connectivity index (χ1) is 16.0. The Morgan fingerprint density at radius 3 is 2.42 bits per heavy atom. The van der Waals surface area contributed by atoms with Gasteiger partial charge in [-0.1, -0.05) is 68.4 Å². The van der Waals surface area contributed by atoms with Gasteiger partial charge in [-0.3, -0.25) is 4.79 Å². The minimum absolute atomic E-state index is 0.0972. The fourth-order valence-corrected chi connectivity index (χ4v) is 3.69. The summed E-state index contributed by atoms with van der Waals surface area (Å²) in [7, 11) is 0. The lowest BCUT2D eigenvalue weighted by molar-refractivity contribution is -0.0493. The highest BCUT2D eigenvalue weighted by molar-refractivity contribution is 6.13. The van der Waals surface area contributed by atoms with Crippen LogP contribution in [0.25, 0.3) is 22.2 Å². The largest absolute Gasteiger partial charge is 0.433 e. The lowest BCUT2D eigenvalue weighted by atomic mass is 9.96. The van der Waals surface area contributed by atoms with E-state index in [0.717, 1.165) is 12.0 Å². The predicted octanol–water partition coefficient (Wildman–Crippen LogP) is 7.27. The number of carbonyl (C=O) groups excluding carboxylic acids is 1. The summed E-state index contributed by atoms with van der Waals surface area (Å²) in [5.41, 5.74) is 4.03. The molecule has 6 heteroatoms. The molecule has 0 aliphatic heterocycles. The van der Waals surface area contributed by atoms with Gasteiger partial charge in [0.25, 0.3) is 5.91 Å². The molecule has 1 heterocycles. The average Bonchev–Trinajstić information content (AvgIpc) is 2.83. The van der Waals surface area contributed by atoms with Gasteiger partial charge in [-0.25, -0.2) is 4.98 Å². The minimum atomic E-state index is -2.99. The van der Waals surface area contributed by atoms with Crippen molar-refractivity contribution < 1.29 is 18.3 Å². The van der Waals surface area contributed by atoms with Gasteiger partial charge in [-0.05, 0) is 42.2 Å². The van der Waals surface area contributed by atoms with Crippen molar-refractivity contribution in [3.63, 3.8) is 0 Å². The fourth-order valence-electron chi connectivity index (χ4n) is 3.69. The maximum atomic E-state index is 13.2.